The number of aromatic amines is 1. The molecule has 1 saturated heterocycles. The van der Waals surface area contributed by atoms with Crippen LogP contribution in [0.5, 0.6) is 5.88 Å². The number of hydrogen-bond acceptors (Lipinski definition) is 6. The van der Waals surface area contributed by atoms with Gasteiger partial charge in [0, 0.05) is 48.4 Å². The number of likely N-dealkylation sites (tertiary alicyclic amines) is 1. The largest absolute Gasteiger partial charge is 0.481 e. The van der Waals surface area contributed by atoms with Crippen molar-refractivity contribution in [2.24, 2.45) is 11.8 Å². The van der Waals surface area contributed by atoms with Crippen LogP contribution in [-0.2, 0) is 11.4 Å². The van der Waals surface area contributed by atoms with Gasteiger partial charge in [-0.05, 0) is 79.1 Å². The molecule has 2 amide bonds. The van der Waals surface area contributed by atoms with Gasteiger partial charge in [-0.15, -0.1) is 0 Å². The Bertz CT molecular complexity index is 1550. The molecular formula is C31H33N5O4. The molecule has 2 aromatic heterocycles. The van der Waals surface area contributed by atoms with Crippen LogP contribution in [0.25, 0.3) is 33.5 Å². The normalized spacial score (nSPS) is 15.8. The van der Waals surface area contributed by atoms with Gasteiger partial charge in [0.2, 0.25) is 11.8 Å². The van der Waals surface area contributed by atoms with Gasteiger partial charge < -0.3 is 25.0 Å². The summed E-state index contributed by atoms with van der Waals surface area (Å²) in [7, 11) is 1.59. The fraction of sp³-hybridized carbons (Fsp3) is 0.355. The molecule has 1 saturated carbocycles. The average molecular weight is 540 g/mol. The lowest BCUT2D eigenvalue weighted by molar-refractivity contribution is -0.133. The van der Waals surface area contributed by atoms with E-state index in [0.29, 0.717) is 35.6 Å². The lowest BCUT2D eigenvalue weighted by atomic mass is 9.96. The van der Waals surface area contributed by atoms with E-state index in [1.54, 1.807) is 19.4 Å². The summed E-state index contributed by atoms with van der Waals surface area (Å²) in [4.78, 5) is 39.6. The topological polar surface area (TPSA) is 120 Å². The van der Waals surface area contributed by atoms with Crippen LogP contribution >= 0.6 is 0 Å². The molecule has 40 heavy (non-hydrogen) atoms. The molecule has 1 aliphatic carbocycles. The van der Waals surface area contributed by atoms with Gasteiger partial charge in [0.05, 0.1) is 24.8 Å². The van der Waals surface area contributed by atoms with Crippen molar-refractivity contribution >= 4 is 22.8 Å². The number of aromatic nitrogens is 3. The first-order valence-electron chi connectivity index (χ1n) is 13.8. The lowest BCUT2D eigenvalue weighted by Crippen LogP contribution is -2.42. The summed E-state index contributed by atoms with van der Waals surface area (Å²) in [5.41, 5.74) is 5.25. The highest BCUT2D eigenvalue weighted by molar-refractivity contribution is 5.97. The molecule has 2 aromatic carbocycles. The number of carbonyl (C=O) groups excluding carboxylic acids is 2. The highest BCUT2D eigenvalue weighted by atomic mass is 16.5. The SMILES string of the molecule is COc1ncccc1-c1ccc(CO)c(-c2nc3ccc(C(=O)NCC4CCN(C(=O)C5CC5)CC4)cc3[nH]2)c1. The number of ether oxygens (including phenoxy) is 1. The highest BCUT2D eigenvalue weighted by Crippen LogP contribution is 2.34. The zero-order chi connectivity index (χ0) is 27.6. The maximum absolute atomic E-state index is 13.0. The molecule has 6 rings (SSSR count). The van der Waals surface area contributed by atoms with Crippen molar-refractivity contribution in [1.29, 1.82) is 0 Å². The van der Waals surface area contributed by atoms with Crippen molar-refractivity contribution in [1.82, 2.24) is 25.2 Å². The van der Waals surface area contributed by atoms with E-state index in [9.17, 15) is 14.7 Å². The van der Waals surface area contributed by atoms with Gasteiger partial charge in [-0.1, -0.05) is 12.1 Å². The molecule has 3 N–H and O–H groups in total. The summed E-state index contributed by atoms with van der Waals surface area (Å²) >= 11 is 0. The quantitative estimate of drug-likeness (QED) is 0.309. The summed E-state index contributed by atoms with van der Waals surface area (Å²) in [5.74, 6) is 1.94. The van der Waals surface area contributed by atoms with Crippen molar-refractivity contribution in [3.05, 3.63) is 65.9 Å². The minimum Gasteiger partial charge on any atom is -0.481 e. The van der Waals surface area contributed by atoms with Crippen LogP contribution in [0.15, 0.2) is 54.7 Å². The molecule has 9 heteroatoms. The first-order valence-corrected chi connectivity index (χ1v) is 13.8. The molecule has 206 valence electrons. The van der Waals surface area contributed by atoms with E-state index in [-0.39, 0.29) is 18.4 Å². The monoisotopic (exact) mass is 539 g/mol. The van der Waals surface area contributed by atoms with Crippen LogP contribution in [0.1, 0.15) is 41.6 Å². The number of amides is 2. The number of fused-ring (bicyclic) bond motifs is 1. The standard InChI is InChI=1S/C31H33N5O4/c1-40-30-24(3-2-12-32-30)21-6-7-23(18-37)25(15-21)28-34-26-9-8-22(16-27(26)35-28)29(38)33-17-19-10-13-36(14-11-19)31(39)20-4-5-20/h2-3,6-9,12,15-16,19-20,37H,4-5,10-11,13-14,17-18H2,1H3,(H,33,38)(H,34,35). The second kappa shape index (κ2) is 11.1. The number of piperidine rings is 1. The Morgan fingerprint density at radius 1 is 1.07 bits per heavy atom. The third-order valence-corrected chi connectivity index (χ3v) is 7.96. The number of hydrogen-bond donors (Lipinski definition) is 3. The van der Waals surface area contributed by atoms with E-state index in [1.807, 2.05) is 47.4 Å². The van der Waals surface area contributed by atoms with Crippen molar-refractivity contribution in [2.75, 3.05) is 26.7 Å². The molecule has 2 aliphatic rings. The van der Waals surface area contributed by atoms with E-state index in [2.05, 4.69) is 15.3 Å². The number of nitrogens with one attached hydrogen (secondary N) is 2. The fourth-order valence-electron chi connectivity index (χ4n) is 5.44. The number of pyridine rings is 1. The zero-order valence-corrected chi connectivity index (χ0v) is 22.5. The number of benzene rings is 2. The maximum Gasteiger partial charge on any atom is 0.251 e. The molecule has 0 radical (unpaired) electrons. The molecule has 3 heterocycles. The molecule has 9 nitrogen and oxygen atoms in total. The van der Waals surface area contributed by atoms with Crippen molar-refractivity contribution in [2.45, 2.75) is 32.3 Å². The van der Waals surface area contributed by atoms with Crippen LogP contribution in [-0.4, -0.2) is 63.5 Å². The molecule has 0 atom stereocenters. The molecule has 1 aliphatic heterocycles. The van der Waals surface area contributed by atoms with Crippen LogP contribution in [0.2, 0.25) is 0 Å². The molecule has 4 aromatic rings. The Labute approximate surface area is 232 Å². The predicted octanol–water partition coefficient (Wildman–Crippen LogP) is 4.17. The van der Waals surface area contributed by atoms with Crippen LogP contribution in [0.4, 0.5) is 0 Å². The summed E-state index contributed by atoms with van der Waals surface area (Å²) < 4.78 is 5.43. The minimum absolute atomic E-state index is 0.128. The highest BCUT2D eigenvalue weighted by Gasteiger charge is 2.34. The zero-order valence-electron chi connectivity index (χ0n) is 22.5. The fourth-order valence-corrected chi connectivity index (χ4v) is 5.44. The summed E-state index contributed by atoms with van der Waals surface area (Å²) in [6.07, 6.45) is 5.58. The number of aliphatic hydroxyl groups is 1. The van der Waals surface area contributed by atoms with E-state index < -0.39 is 0 Å². The van der Waals surface area contributed by atoms with Crippen LogP contribution < -0.4 is 10.1 Å². The van der Waals surface area contributed by atoms with E-state index in [4.69, 9.17) is 9.72 Å². The number of methoxy groups -OCH3 is 1. The molecule has 0 unspecified atom stereocenters. The number of aliphatic hydroxyl groups excluding tert-OH is 1. The molecule has 0 bridgehead atoms. The second-order valence-electron chi connectivity index (χ2n) is 10.7. The van der Waals surface area contributed by atoms with E-state index >= 15 is 0 Å². The number of imidazole rings is 1. The third-order valence-electron chi connectivity index (χ3n) is 7.96. The summed E-state index contributed by atoms with van der Waals surface area (Å²) in [6, 6.07) is 15.0. The summed E-state index contributed by atoms with van der Waals surface area (Å²) in [5, 5.41) is 13.1. The Hall–Kier alpha value is -4.24. The number of H-pyrrole nitrogens is 1. The average Bonchev–Trinajstić information content (AvgIpc) is 3.77. The minimum atomic E-state index is -0.141. The van der Waals surface area contributed by atoms with E-state index in [0.717, 1.165) is 72.1 Å². The van der Waals surface area contributed by atoms with Gasteiger partial charge in [0.25, 0.3) is 5.91 Å². The Morgan fingerprint density at radius 2 is 1.90 bits per heavy atom. The van der Waals surface area contributed by atoms with Gasteiger partial charge in [-0.25, -0.2) is 9.97 Å². The van der Waals surface area contributed by atoms with Gasteiger partial charge in [0.15, 0.2) is 0 Å². The van der Waals surface area contributed by atoms with Crippen molar-refractivity contribution < 1.29 is 19.4 Å². The summed E-state index contributed by atoms with van der Waals surface area (Å²) in [6.45, 7) is 2.02. The van der Waals surface area contributed by atoms with Crippen LogP contribution in [0.3, 0.4) is 0 Å². The van der Waals surface area contributed by atoms with Gasteiger partial charge in [-0.2, -0.15) is 0 Å². The maximum atomic E-state index is 13.0. The van der Waals surface area contributed by atoms with Gasteiger partial charge >= 0.3 is 0 Å². The number of rotatable bonds is 8. The van der Waals surface area contributed by atoms with Gasteiger partial charge in [0.1, 0.15) is 5.82 Å². The second-order valence-corrected chi connectivity index (χ2v) is 10.7. The third kappa shape index (κ3) is 5.29. The molecule has 2 fully saturated rings. The smallest absolute Gasteiger partial charge is 0.251 e. The molecular weight excluding hydrogens is 506 g/mol. The predicted molar refractivity (Wildman–Crippen MR) is 152 cm³/mol. The molecule has 0 spiro atoms. The van der Waals surface area contributed by atoms with Crippen molar-refractivity contribution in [3.63, 3.8) is 0 Å². The Morgan fingerprint density at radius 3 is 2.65 bits per heavy atom. The number of carbonyl (C=O) groups is 2. The van der Waals surface area contributed by atoms with Crippen LogP contribution in [0, 0.1) is 11.8 Å². The first kappa shape index (κ1) is 26.0. The first-order chi connectivity index (χ1) is 19.5. The Kier molecular flexibility index (Phi) is 7.21. The number of nitrogens with zero attached hydrogens (tertiary/aromatic N) is 3. The van der Waals surface area contributed by atoms with Crippen molar-refractivity contribution in [3.8, 4) is 28.4 Å². The van der Waals surface area contributed by atoms with E-state index in [1.165, 1.54) is 0 Å². The lowest BCUT2D eigenvalue weighted by Gasteiger charge is -2.32. The Balaban J connectivity index is 1.16. The van der Waals surface area contributed by atoms with Gasteiger partial charge in [-0.3, -0.25) is 9.59 Å².